The number of carbonyl (C=O) groups is 2. The Hall–Kier alpha value is -0.260. The van der Waals surface area contributed by atoms with E-state index in [2.05, 4.69) is 33.0 Å². The van der Waals surface area contributed by atoms with Gasteiger partial charge in [-0.15, -0.1) is 0 Å². The van der Waals surface area contributed by atoms with Crippen molar-refractivity contribution in [2.24, 2.45) is 0 Å². The van der Waals surface area contributed by atoms with E-state index >= 15 is 0 Å². The van der Waals surface area contributed by atoms with Crippen LogP contribution in [0, 0.1) is 0 Å². The van der Waals surface area contributed by atoms with Crippen molar-refractivity contribution in [3.8, 4) is 0 Å². The van der Waals surface area contributed by atoms with E-state index in [4.69, 9.17) is 9.32 Å². The van der Waals surface area contributed by atoms with Crippen molar-refractivity contribution in [1.82, 2.24) is 0 Å². The largest absolute Gasteiger partial charge is 0.481 e. The highest BCUT2D eigenvalue weighted by atomic mass is 36.0. The molecule has 0 radical (unpaired) electrons. The molecule has 0 aliphatic rings. The molecule has 0 aliphatic carbocycles. The van der Waals surface area contributed by atoms with E-state index in [0.29, 0.717) is 0 Å². The van der Waals surface area contributed by atoms with Crippen LogP contribution in [0.2, 0.25) is 0 Å². The molecule has 20 heavy (non-hydrogen) atoms. The molecule has 1 N–H and O–H groups in total. The number of carboxylic acids is 1. The summed E-state index contributed by atoms with van der Waals surface area (Å²) >= 11 is 4.40. The van der Waals surface area contributed by atoms with Gasteiger partial charge in [0.2, 0.25) is 14.5 Å². The van der Waals surface area contributed by atoms with Gasteiger partial charge in [-0.1, -0.05) is 0 Å². The molecule has 0 amide bonds. The third kappa shape index (κ3) is 52.4. The van der Waals surface area contributed by atoms with Crippen LogP contribution in [0.25, 0.3) is 0 Å². The number of halogens is 9. The molecule has 0 aromatic heterocycles. The second-order valence-corrected chi connectivity index (χ2v) is 5.46. The summed E-state index contributed by atoms with van der Waals surface area (Å²) in [6.45, 7) is 0. The third-order valence-electron chi connectivity index (χ3n) is 0.691. The van der Waals surface area contributed by atoms with Crippen molar-refractivity contribution >= 4 is 53.4 Å². The quantitative estimate of drug-likeness (QED) is 0.573. The maximum atomic E-state index is 11.0. The molecular formula is C6H5Cl3F6O4S. The van der Waals surface area contributed by atoms with Crippen LogP contribution in [0.1, 0.15) is 12.8 Å². The fourth-order valence-corrected chi connectivity index (χ4v) is 0.481. The summed E-state index contributed by atoms with van der Waals surface area (Å²) in [5.74, 6) is -1.85. The van der Waals surface area contributed by atoms with E-state index in [-0.39, 0.29) is 0 Å². The highest BCUT2D eigenvalue weighted by molar-refractivity contribution is 8.26. The fraction of sp³-hybridized carbons (Fsp3) is 0.667. The molecule has 0 spiro atoms. The van der Waals surface area contributed by atoms with Crippen molar-refractivity contribution in [3.63, 3.8) is 0 Å². The molecule has 0 saturated heterocycles. The van der Waals surface area contributed by atoms with Crippen molar-refractivity contribution < 1.29 is 45.2 Å². The molecule has 0 rings (SSSR count). The van der Waals surface area contributed by atoms with Gasteiger partial charge in [-0.25, -0.2) is 4.21 Å². The summed E-state index contributed by atoms with van der Waals surface area (Å²) in [6.07, 6.45) is -12.3. The third-order valence-corrected chi connectivity index (χ3v) is 0.825. The SMILES string of the molecule is O=C(Cl)CC(F)(F)F.O=C(O)CC(F)(F)F.O=S(Cl)Cl. The first-order chi connectivity index (χ1) is 8.57. The predicted molar refractivity (Wildman–Crippen MR) is 59.7 cm³/mol. The standard InChI is InChI=1S/C3H2ClF3O.C3H3F3O2.Cl2OS/c4-2(8)1-3(5,6)7;4-3(5,6)1-2(7)8;1-4(2)3/h1H2;1H2,(H,7,8);. The lowest BCUT2D eigenvalue weighted by molar-refractivity contribution is -0.166. The molecule has 4 nitrogen and oxygen atoms in total. The number of alkyl halides is 6. The maximum absolute atomic E-state index is 11.0. The second-order valence-electron chi connectivity index (χ2n) is 2.52. The van der Waals surface area contributed by atoms with Gasteiger partial charge in [0.05, 0.1) is 0 Å². The maximum Gasteiger partial charge on any atom is 0.399 e. The molecule has 0 atom stereocenters. The molecule has 14 heteroatoms. The molecule has 0 saturated carbocycles. The van der Waals surface area contributed by atoms with Crippen molar-refractivity contribution in [2.75, 3.05) is 0 Å². The van der Waals surface area contributed by atoms with Gasteiger partial charge in [-0.05, 0) is 11.6 Å². The molecule has 0 aliphatic heterocycles. The van der Waals surface area contributed by atoms with Gasteiger partial charge in [0.1, 0.15) is 12.8 Å². The number of carboxylic acid groups (broad SMARTS) is 1. The second kappa shape index (κ2) is 11.4. The first-order valence-corrected chi connectivity index (χ1v) is 7.02. The lowest BCUT2D eigenvalue weighted by atomic mass is 10.4. The summed E-state index contributed by atoms with van der Waals surface area (Å²) in [5.41, 5.74) is 0. The van der Waals surface area contributed by atoms with E-state index < -0.39 is 45.6 Å². The number of aliphatic carboxylic acids is 1. The number of hydrogen-bond acceptors (Lipinski definition) is 3. The van der Waals surface area contributed by atoms with Crippen molar-refractivity contribution in [3.05, 3.63) is 0 Å². The van der Waals surface area contributed by atoms with Gasteiger partial charge in [0.15, 0.2) is 0 Å². The molecule has 0 aromatic carbocycles. The number of rotatable bonds is 2. The van der Waals surface area contributed by atoms with Crippen molar-refractivity contribution in [1.29, 1.82) is 0 Å². The van der Waals surface area contributed by atoms with Crippen LogP contribution < -0.4 is 0 Å². The van der Waals surface area contributed by atoms with E-state index in [1.165, 1.54) is 0 Å². The Labute approximate surface area is 124 Å². The monoisotopic (exact) mass is 392 g/mol. The van der Waals surface area contributed by atoms with Gasteiger partial charge in [0, 0.05) is 21.4 Å². The molecule has 0 unspecified atom stereocenters. The van der Waals surface area contributed by atoms with Crippen LogP contribution >= 0.6 is 33.0 Å². The van der Waals surface area contributed by atoms with Gasteiger partial charge in [-0.3, -0.25) is 9.59 Å². The van der Waals surface area contributed by atoms with Crippen LogP contribution in [0.15, 0.2) is 0 Å². The Morgan fingerprint density at radius 2 is 1.20 bits per heavy atom. The van der Waals surface area contributed by atoms with Gasteiger partial charge in [-0.2, -0.15) is 26.3 Å². The van der Waals surface area contributed by atoms with E-state index in [9.17, 15) is 35.9 Å². The van der Waals surface area contributed by atoms with Gasteiger partial charge in [0.25, 0.3) is 0 Å². The van der Waals surface area contributed by atoms with Gasteiger partial charge >= 0.3 is 18.3 Å². The zero-order valence-electron chi connectivity index (χ0n) is 8.90. The predicted octanol–water partition coefficient (Wildman–Crippen LogP) is 3.77. The molecule has 0 heterocycles. The van der Waals surface area contributed by atoms with Crippen LogP contribution in [0.4, 0.5) is 26.3 Å². The fourth-order valence-electron chi connectivity index (χ4n) is 0.329. The summed E-state index contributed by atoms with van der Waals surface area (Å²) in [7, 11) is 7.36. The van der Waals surface area contributed by atoms with E-state index in [1.54, 1.807) is 0 Å². The molecule has 0 fully saturated rings. The van der Waals surface area contributed by atoms with Crippen LogP contribution in [0.5, 0.6) is 0 Å². The highest BCUT2D eigenvalue weighted by Gasteiger charge is 2.31. The minimum absolute atomic E-state index is 1.38. The number of carbonyl (C=O) groups excluding carboxylic acids is 1. The summed E-state index contributed by atoms with van der Waals surface area (Å²) in [5, 5.41) is 6.15. The lowest BCUT2D eigenvalue weighted by Gasteiger charge is -1.98. The average Bonchev–Trinajstić information content (AvgIpc) is 1.90. The van der Waals surface area contributed by atoms with Crippen LogP contribution in [-0.4, -0.2) is 32.9 Å². The molecular weight excluding hydrogens is 388 g/mol. The van der Waals surface area contributed by atoms with Crippen LogP contribution in [-0.2, 0) is 18.8 Å². The average molecular weight is 394 g/mol. The smallest absolute Gasteiger partial charge is 0.399 e. The minimum atomic E-state index is -4.58. The molecule has 122 valence electrons. The van der Waals surface area contributed by atoms with E-state index in [0.717, 1.165) is 0 Å². The first-order valence-electron chi connectivity index (χ1n) is 3.84. The Morgan fingerprint density at radius 1 is 0.950 bits per heavy atom. The normalized spacial score (nSPS) is 10.9. The Bertz CT molecular complexity index is 302. The topological polar surface area (TPSA) is 71.4 Å². The first kappa shape index (κ1) is 24.7. The zero-order valence-corrected chi connectivity index (χ0v) is 12.0. The van der Waals surface area contributed by atoms with E-state index in [1.807, 2.05) is 0 Å². The van der Waals surface area contributed by atoms with Gasteiger partial charge < -0.3 is 5.11 Å². The summed E-state index contributed by atoms with van der Waals surface area (Å²) in [4.78, 5) is 18.8. The Balaban J connectivity index is -0.000000230. The Morgan fingerprint density at radius 3 is 1.20 bits per heavy atom. The summed E-state index contributed by atoms with van der Waals surface area (Å²) in [6, 6.07) is 0. The molecule has 0 aromatic rings. The Kier molecular flexibility index (Phi) is 14.1. The van der Waals surface area contributed by atoms with Crippen LogP contribution in [0.3, 0.4) is 0 Å². The molecule has 0 bridgehead atoms. The highest BCUT2D eigenvalue weighted by Crippen LogP contribution is 2.20. The number of hydrogen-bond donors (Lipinski definition) is 1. The summed E-state index contributed by atoms with van der Waals surface area (Å²) < 4.78 is 74.9. The van der Waals surface area contributed by atoms with Crippen molar-refractivity contribution in [2.45, 2.75) is 25.2 Å². The minimum Gasteiger partial charge on any atom is -0.481 e. The lowest BCUT2D eigenvalue weighted by Crippen LogP contribution is -2.13. The zero-order chi connectivity index (χ0) is 17.1.